The first-order valence-corrected chi connectivity index (χ1v) is 8.50. The van der Waals surface area contributed by atoms with Crippen molar-refractivity contribution < 1.29 is 17.9 Å². The molecule has 2 atom stereocenters. The van der Waals surface area contributed by atoms with Gasteiger partial charge in [0.05, 0.1) is 29.8 Å². The largest absolute Gasteiger partial charge is 0.495 e. The lowest BCUT2D eigenvalue weighted by molar-refractivity contribution is 0.0605. The highest BCUT2D eigenvalue weighted by atomic mass is 32.2. The van der Waals surface area contributed by atoms with E-state index in [2.05, 4.69) is 5.32 Å². The Morgan fingerprint density at radius 1 is 1.24 bits per heavy atom. The van der Waals surface area contributed by atoms with E-state index in [-0.39, 0.29) is 17.0 Å². The number of hydrogen-bond donors (Lipinski definition) is 2. The third-order valence-corrected chi connectivity index (χ3v) is 4.76. The second-order valence-electron chi connectivity index (χ2n) is 5.22. The van der Waals surface area contributed by atoms with Crippen LogP contribution in [0, 0.1) is 0 Å². The SMILES string of the molecule is COc1ccc(S(N)(=O)=O)cc1NC1CCCCC1OC. The highest BCUT2D eigenvalue weighted by Gasteiger charge is 2.26. The highest BCUT2D eigenvalue weighted by molar-refractivity contribution is 7.89. The van der Waals surface area contributed by atoms with Crippen LogP contribution in [0.3, 0.4) is 0 Å². The van der Waals surface area contributed by atoms with Gasteiger partial charge in [0.15, 0.2) is 0 Å². The Morgan fingerprint density at radius 2 is 1.95 bits per heavy atom. The van der Waals surface area contributed by atoms with Crippen LogP contribution in [-0.2, 0) is 14.8 Å². The smallest absolute Gasteiger partial charge is 0.238 e. The maximum atomic E-state index is 11.5. The van der Waals surface area contributed by atoms with E-state index in [0.29, 0.717) is 11.4 Å². The fraction of sp³-hybridized carbons (Fsp3) is 0.571. The van der Waals surface area contributed by atoms with Crippen LogP contribution in [0.15, 0.2) is 23.1 Å². The highest BCUT2D eigenvalue weighted by Crippen LogP contribution is 2.31. The van der Waals surface area contributed by atoms with Crippen molar-refractivity contribution in [2.45, 2.75) is 42.7 Å². The van der Waals surface area contributed by atoms with Crippen molar-refractivity contribution in [2.24, 2.45) is 5.14 Å². The lowest BCUT2D eigenvalue weighted by Crippen LogP contribution is -2.37. The summed E-state index contributed by atoms with van der Waals surface area (Å²) in [4.78, 5) is 0.0653. The van der Waals surface area contributed by atoms with Gasteiger partial charge in [0.1, 0.15) is 5.75 Å². The molecule has 0 radical (unpaired) electrons. The molecule has 6 nitrogen and oxygen atoms in total. The molecule has 3 N–H and O–H groups in total. The van der Waals surface area contributed by atoms with Gasteiger partial charge in [-0.15, -0.1) is 0 Å². The van der Waals surface area contributed by atoms with Gasteiger partial charge < -0.3 is 14.8 Å². The summed E-state index contributed by atoms with van der Waals surface area (Å²) < 4.78 is 33.7. The number of ether oxygens (including phenoxy) is 2. The summed E-state index contributed by atoms with van der Waals surface area (Å²) in [6.07, 6.45) is 4.34. The molecule has 118 valence electrons. The van der Waals surface area contributed by atoms with Crippen LogP contribution in [0.1, 0.15) is 25.7 Å². The Labute approximate surface area is 125 Å². The minimum absolute atomic E-state index is 0.0653. The maximum absolute atomic E-state index is 11.5. The summed E-state index contributed by atoms with van der Waals surface area (Å²) in [5.41, 5.74) is 0.623. The number of anilines is 1. The molecule has 1 aliphatic rings. The summed E-state index contributed by atoms with van der Waals surface area (Å²) in [6.45, 7) is 0. The first-order valence-electron chi connectivity index (χ1n) is 6.96. The zero-order chi connectivity index (χ0) is 15.5. The van der Waals surface area contributed by atoms with Crippen molar-refractivity contribution in [2.75, 3.05) is 19.5 Å². The van der Waals surface area contributed by atoms with Crippen molar-refractivity contribution in [3.63, 3.8) is 0 Å². The van der Waals surface area contributed by atoms with Gasteiger partial charge in [-0.3, -0.25) is 0 Å². The summed E-state index contributed by atoms with van der Waals surface area (Å²) in [6, 6.07) is 4.68. The summed E-state index contributed by atoms with van der Waals surface area (Å²) in [5.74, 6) is 0.586. The van der Waals surface area contributed by atoms with E-state index in [9.17, 15) is 8.42 Å². The first-order chi connectivity index (χ1) is 9.95. The van der Waals surface area contributed by atoms with Gasteiger partial charge in [-0.05, 0) is 31.0 Å². The zero-order valence-corrected chi connectivity index (χ0v) is 13.2. The average Bonchev–Trinajstić information content (AvgIpc) is 2.47. The quantitative estimate of drug-likeness (QED) is 0.863. The lowest BCUT2D eigenvalue weighted by atomic mass is 9.92. The monoisotopic (exact) mass is 314 g/mol. The molecule has 2 rings (SSSR count). The van der Waals surface area contributed by atoms with Crippen molar-refractivity contribution in [1.82, 2.24) is 0 Å². The number of nitrogens with one attached hydrogen (secondary N) is 1. The predicted octanol–water partition coefficient (Wildman–Crippen LogP) is 1.71. The van der Waals surface area contributed by atoms with E-state index in [0.717, 1.165) is 25.7 Å². The Balaban J connectivity index is 2.28. The van der Waals surface area contributed by atoms with Crippen LogP contribution < -0.4 is 15.2 Å². The minimum atomic E-state index is -3.74. The van der Waals surface area contributed by atoms with E-state index in [1.807, 2.05) is 0 Å². The van der Waals surface area contributed by atoms with Crippen LogP contribution >= 0.6 is 0 Å². The molecule has 0 aromatic heterocycles. The van der Waals surface area contributed by atoms with E-state index in [1.165, 1.54) is 12.1 Å². The second-order valence-corrected chi connectivity index (χ2v) is 6.78. The molecule has 7 heteroatoms. The Hall–Kier alpha value is -1.31. The van der Waals surface area contributed by atoms with Gasteiger partial charge in [-0.2, -0.15) is 0 Å². The summed E-state index contributed by atoms with van der Waals surface area (Å²) in [7, 11) is -0.492. The van der Waals surface area contributed by atoms with Gasteiger partial charge in [0, 0.05) is 7.11 Å². The van der Waals surface area contributed by atoms with Crippen LogP contribution in [0.5, 0.6) is 5.75 Å². The van der Waals surface area contributed by atoms with E-state index < -0.39 is 10.0 Å². The fourth-order valence-electron chi connectivity index (χ4n) is 2.72. The molecule has 1 aliphatic carbocycles. The molecule has 1 aromatic rings. The predicted molar refractivity (Wildman–Crippen MR) is 81.0 cm³/mol. The van der Waals surface area contributed by atoms with Gasteiger partial charge in [-0.25, -0.2) is 13.6 Å². The lowest BCUT2D eigenvalue weighted by Gasteiger charge is -2.32. The van der Waals surface area contributed by atoms with Gasteiger partial charge >= 0.3 is 0 Å². The second kappa shape index (κ2) is 6.64. The third kappa shape index (κ3) is 3.87. The first kappa shape index (κ1) is 16.1. The number of nitrogens with two attached hydrogens (primary N) is 1. The summed E-state index contributed by atoms with van der Waals surface area (Å²) in [5, 5.41) is 8.53. The summed E-state index contributed by atoms with van der Waals surface area (Å²) >= 11 is 0. The number of benzene rings is 1. The molecule has 0 bridgehead atoms. The van der Waals surface area contributed by atoms with Crippen molar-refractivity contribution in [3.8, 4) is 5.75 Å². The molecule has 0 amide bonds. The molecule has 1 aromatic carbocycles. The van der Waals surface area contributed by atoms with Crippen LogP contribution in [0.25, 0.3) is 0 Å². The fourth-order valence-corrected chi connectivity index (χ4v) is 3.26. The molecule has 1 fully saturated rings. The molecule has 1 saturated carbocycles. The Kier molecular flexibility index (Phi) is 5.08. The molecular formula is C14H22N2O4S. The van der Waals surface area contributed by atoms with Gasteiger partial charge in [0.25, 0.3) is 0 Å². The van der Waals surface area contributed by atoms with Crippen LogP contribution in [0.4, 0.5) is 5.69 Å². The number of sulfonamides is 1. The average molecular weight is 314 g/mol. The third-order valence-electron chi connectivity index (χ3n) is 3.85. The standard InChI is InChI=1S/C14H22N2O4S/c1-19-13-6-4-3-5-11(13)16-12-9-10(21(15,17)18)7-8-14(12)20-2/h7-9,11,13,16H,3-6H2,1-2H3,(H2,15,17,18). The molecule has 2 unspecified atom stereocenters. The van der Waals surface area contributed by atoms with Gasteiger partial charge in [-0.1, -0.05) is 12.8 Å². The molecule has 0 spiro atoms. The molecule has 0 aliphatic heterocycles. The van der Waals surface area contributed by atoms with Crippen molar-refractivity contribution >= 4 is 15.7 Å². The Morgan fingerprint density at radius 3 is 2.57 bits per heavy atom. The molecule has 0 heterocycles. The number of methoxy groups -OCH3 is 2. The molecule has 0 saturated heterocycles. The van der Waals surface area contributed by atoms with E-state index in [1.54, 1.807) is 20.3 Å². The normalized spacial score (nSPS) is 22.8. The van der Waals surface area contributed by atoms with Crippen LogP contribution in [-0.4, -0.2) is 34.8 Å². The van der Waals surface area contributed by atoms with E-state index in [4.69, 9.17) is 14.6 Å². The Bertz CT molecular complexity index is 589. The number of primary sulfonamides is 1. The number of hydrogen-bond acceptors (Lipinski definition) is 5. The molecule has 21 heavy (non-hydrogen) atoms. The van der Waals surface area contributed by atoms with E-state index >= 15 is 0 Å². The topological polar surface area (TPSA) is 90.7 Å². The minimum Gasteiger partial charge on any atom is -0.495 e. The number of rotatable bonds is 5. The van der Waals surface area contributed by atoms with Crippen molar-refractivity contribution in [3.05, 3.63) is 18.2 Å². The van der Waals surface area contributed by atoms with Crippen LogP contribution in [0.2, 0.25) is 0 Å². The zero-order valence-electron chi connectivity index (χ0n) is 12.3. The molecular weight excluding hydrogens is 292 g/mol. The van der Waals surface area contributed by atoms with Gasteiger partial charge in [0.2, 0.25) is 10.0 Å². The maximum Gasteiger partial charge on any atom is 0.238 e. The van der Waals surface area contributed by atoms with Crippen molar-refractivity contribution in [1.29, 1.82) is 0 Å².